The van der Waals surface area contributed by atoms with Crippen molar-refractivity contribution in [1.82, 2.24) is 10.2 Å². The summed E-state index contributed by atoms with van der Waals surface area (Å²) in [6.07, 6.45) is 1.67. The van der Waals surface area contributed by atoms with E-state index in [-0.39, 0.29) is 36.6 Å². The van der Waals surface area contributed by atoms with Crippen LogP contribution in [0.4, 0.5) is 4.79 Å². The van der Waals surface area contributed by atoms with Gasteiger partial charge < -0.3 is 10.1 Å². The molecule has 0 aromatic heterocycles. The number of carbonyl (C=O) groups is 4. The Labute approximate surface area is 178 Å². The van der Waals surface area contributed by atoms with E-state index in [2.05, 4.69) is 5.32 Å². The fraction of sp³-hybridized carbons (Fsp3) is 0.182. The topological polar surface area (TPSA) is 92.8 Å². The molecule has 2 aromatic rings. The fourth-order valence-electron chi connectivity index (χ4n) is 2.71. The predicted octanol–water partition coefficient (Wildman–Crippen LogP) is 3.12. The molecule has 1 aliphatic rings. The van der Waals surface area contributed by atoms with E-state index >= 15 is 0 Å². The molecule has 0 spiro atoms. The third-order valence-corrected chi connectivity index (χ3v) is 5.15. The third kappa shape index (κ3) is 5.57. The SMILES string of the molecule is CC(=O)c1cccc(OCC(=O)NCCN2C(=O)S/C(=C/c3ccccc3)C2=O)c1. The predicted molar refractivity (Wildman–Crippen MR) is 114 cm³/mol. The van der Waals surface area contributed by atoms with Crippen LogP contribution in [0.2, 0.25) is 0 Å². The minimum Gasteiger partial charge on any atom is -0.484 e. The van der Waals surface area contributed by atoms with Crippen molar-refractivity contribution in [3.05, 3.63) is 70.6 Å². The Kier molecular flexibility index (Phi) is 7.03. The Morgan fingerprint density at radius 1 is 1.10 bits per heavy atom. The Bertz CT molecular complexity index is 1000. The second-order valence-electron chi connectivity index (χ2n) is 6.47. The van der Waals surface area contributed by atoms with Crippen LogP contribution in [0.1, 0.15) is 22.8 Å². The number of nitrogens with zero attached hydrogens (tertiary/aromatic N) is 1. The summed E-state index contributed by atoms with van der Waals surface area (Å²) in [5, 5.41) is 2.25. The van der Waals surface area contributed by atoms with Crippen molar-refractivity contribution in [2.75, 3.05) is 19.7 Å². The zero-order chi connectivity index (χ0) is 21.5. The number of rotatable bonds is 8. The van der Waals surface area contributed by atoms with Crippen molar-refractivity contribution in [2.45, 2.75) is 6.92 Å². The number of ether oxygens (including phenoxy) is 1. The molecular weight excluding hydrogens is 404 g/mol. The lowest BCUT2D eigenvalue weighted by atomic mass is 10.1. The molecule has 0 radical (unpaired) electrons. The van der Waals surface area contributed by atoms with Crippen LogP contribution < -0.4 is 10.1 Å². The molecule has 1 fully saturated rings. The van der Waals surface area contributed by atoms with Crippen molar-refractivity contribution in [3.8, 4) is 5.75 Å². The highest BCUT2D eigenvalue weighted by molar-refractivity contribution is 8.18. The molecule has 1 N–H and O–H groups in total. The van der Waals surface area contributed by atoms with E-state index in [1.807, 2.05) is 30.3 Å². The molecule has 8 heteroatoms. The van der Waals surface area contributed by atoms with E-state index < -0.39 is 5.91 Å². The van der Waals surface area contributed by atoms with Crippen molar-refractivity contribution < 1.29 is 23.9 Å². The maximum Gasteiger partial charge on any atom is 0.293 e. The first-order chi connectivity index (χ1) is 14.4. The average molecular weight is 424 g/mol. The number of imide groups is 1. The van der Waals surface area contributed by atoms with E-state index in [0.29, 0.717) is 16.2 Å². The molecule has 0 aliphatic carbocycles. The van der Waals surface area contributed by atoms with Gasteiger partial charge in [-0.25, -0.2) is 0 Å². The summed E-state index contributed by atoms with van der Waals surface area (Å²) in [7, 11) is 0. The number of hydrogen-bond donors (Lipinski definition) is 1. The van der Waals surface area contributed by atoms with Crippen molar-refractivity contribution >= 4 is 40.7 Å². The summed E-state index contributed by atoms with van der Waals surface area (Å²) in [5.41, 5.74) is 1.33. The largest absolute Gasteiger partial charge is 0.484 e. The van der Waals surface area contributed by atoms with Gasteiger partial charge in [0.1, 0.15) is 5.75 Å². The molecule has 0 bridgehead atoms. The summed E-state index contributed by atoms with van der Waals surface area (Å²) in [4.78, 5) is 49.4. The third-order valence-electron chi connectivity index (χ3n) is 4.24. The van der Waals surface area contributed by atoms with Gasteiger partial charge in [-0.1, -0.05) is 42.5 Å². The van der Waals surface area contributed by atoms with Gasteiger partial charge in [0, 0.05) is 18.7 Å². The fourth-order valence-corrected chi connectivity index (χ4v) is 3.57. The molecule has 1 aliphatic heterocycles. The smallest absolute Gasteiger partial charge is 0.293 e. The maximum atomic E-state index is 12.4. The maximum absolute atomic E-state index is 12.4. The molecule has 0 unspecified atom stereocenters. The van der Waals surface area contributed by atoms with E-state index in [4.69, 9.17) is 4.74 Å². The zero-order valence-corrected chi connectivity index (χ0v) is 17.1. The summed E-state index contributed by atoms with van der Waals surface area (Å²) in [6.45, 7) is 1.40. The second kappa shape index (κ2) is 9.89. The van der Waals surface area contributed by atoms with Crippen LogP contribution in [0.25, 0.3) is 6.08 Å². The van der Waals surface area contributed by atoms with Crippen molar-refractivity contribution in [3.63, 3.8) is 0 Å². The van der Waals surface area contributed by atoms with Crippen LogP contribution in [-0.4, -0.2) is 47.4 Å². The Hall–Kier alpha value is -3.39. The summed E-state index contributed by atoms with van der Waals surface area (Å²) < 4.78 is 5.38. The number of carbonyl (C=O) groups excluding carboxylic acids is 4. The number of Topliss-reactive ketones (excluding diaryl/α,β-unsaturated/α-hetero) is 1. The molecule has 0 atom stereocenters. The van der Waals surface area contributed by atoms with Crippen LogP contribution >= 0.6 is 11.8 Å². The lowest BCUT2D eigenvalue weighted by Gasteiger charge is -2.13. The molecule has 3 amide bonds. The number of hydrogen-bond acceptors (Lipinski definition) is 6. The summed E-state index contributed by atoms with van der Waals surface area (Å²) in [6, 6.07) is 15.8. The first-order valence-electron chi connectivity index (χ1n) is 9.25. The number of amides is 3. The van der Waals surface area contributed by atoms with Gasteiger partial charge in [-0.3, -0.25) is 24.1 Å². The Morgan fingerprint density at radius 2 is 1.87 bits per heavy atom. The van der Waals surface area contributed by atoms with Crippen LogP contribution in [-0.2, 0) is 9.59 Å². The lowest BCUT2D eigenvalue weighted by molar-refractivity contribution is -0.125. The Morgan fingerprint density at radius 3 is 2.60 bits per heavy atom. The Balaban J connectivity index is 1.46. The molecule has 1 heterocycles. The normalized spacial score (nSPS) is 14.8. The summed E-state index contributed by atoms with van der Waals surface area (Å²) in [5.74, 6) is -0.450. The minimum atomic E-state index is -0.393. The van der Waals surface area contributed by atoms with E-state index in [9.17, 15) is 19.2 Å². The van der Waals surface area contributed by atoms with E-state index in [1.165, 1.54) is 6.92 Å². The first kappa shape index (κ1) is 21.3. The van der Waals surface area contributed by atoms with Crippen LogP contribution in [0.3, 0.4) is 0 Å². The molecular formula is C22H20N2O5S. The molecule has 7 nitrogen and oxygen atoms in total. The van der Waals surface area contributed by atoms with E-state index in [1.54, 1.807) is 30.3 Å². The van der Waals surface area contributed by atoms with Crippen molar-refractivity contribution in [2.24, 2.45) is 0 Å². The lowest BCUT2D eigenvalue weighted by Crippen LogP contribution is -2.38. The van der Waals surface area contributed by atoms with Crippen LogP contribution in [0.5, 0.6) is 5.75 Å². The highest BCUT2D eigenvalue weighted by Crippen LogP contribution is 2.31. The number of nitrogens with one attached hydrogen (secondary N) is 1. The zero-order valence-electron chi connectivity index (χ0n) is 16.3. The molecule has 1 saturated heterocycles. The van der Waals surface area contributed by atoms with Gasteiger partial charge in [-0.05, 0) is 42.5 Å². The molecule has 3 rings (SSSR count). The highest BCUT2D eigenvalue weighted by atomic mass is 32.2. The molecule has 2 aromatic carbocycles. The van der Waals surface area contributed by atoms with Gasteiger partial charge in [-0.15, -0.1) is 0 Å². The number of benzene rings is 2. The number of thioether (sulfide) groups is 1. The van der Waals surface area contributed by atoms with Crippen LogP contribution in [0, 0.1) is 0 Å². The quantitative estimate of drug-likeness (QED) is 0.517. The minimum absolute atomic E-state index is 0.0718. The van der Waals surface area contributed by atoms with Gasteiger partial charge in [0.15, 0.2) is 12.4 Å². The highest BCUT2D eigenvalue weighted by Gasteiger charge is 2.34. The molecule has 30 heavy (non-hydrogen) atoms. The standard InChI is InChI=1S/C22H20N2O5S/c1-15(25)17-8-5-9-18(13-17)29-14-20(26)23-10-11-24-21(27)19(30-22(24)28)12-16-6-3-2-4-7-16/h2-9,12-13H,10-11,14H2,1H3,(H,23,26)/b19-12+. The number of ketones is 1. The van der Waals surface area contributed by atoms with Gasteiger partial charge in [0.05, 0.1) is 4.91 Å². The second-order valence-corrected chi connectivity index (χ2v) is 7.46. The van der Waals surface area contributed by atoms with Gasteiger partial charge in [0.25, 0.3) is 17.1 Å². The van der Waals surface area contributed by atoms with Gasteiger partial charge in [0.2, 0.25) is 0 Å². The molecule has 154 valence electrons. The van der Waals surface area contributed by atoms with Gasteiger partial charge in [-0.2, -0.15) is 0 Å². The van der Waals surface area contributed by atoms with Gasteiger partial charge >= 0.3 is 0 Å². The average Bonchev–Trinajstić information content (AvgIpc) is 3.00. The van der Waals surface area contributed by atoms with Crippen molar-refractivity contribution in [1.29, 1.82) is 0 Å². The molecule has 0 saturated carbocycles. The summed E-state index contributed by atoms with van der Waals surface area (Å²) >= 11 is 0.880. The van der Waals surface area contributed by atoms with Crippen LogP contribution in [0.15, 0.2) is 59.5 Å². The van der Waals surface area contributed by atoms with E-state index in [0.717, 1.165) is 22.2 Å². The first-order valence-corrected chi connectivity index (χ1v) is 10.1. The monoisotopic (exact) mass is 424 g/mol.